The van der Waals surface area contributed by atoms with E-state index in [0.29, 0.717) is 0 Å². The summed E-state index contributed by atoms with van der Waals surface area (Å²) < 4.78 is 4.61. The van der Waals surface area contributed by atoms with Crippen LogP contribution in [0.2, 0.25) is 0 Å². The van der Waals surface area contributed by atoms with Crippen molar-refractivity contribution in [2.45, 2.75) is 20.0 Å². The smallest absolute Gasteiger partial charge is 0.337 e. The molecule has 0 rings (SSSR count). The van der Waals surface area contributed by atoms with Gasteiger partial charge in [0.2, 0.25) is 0 Å². The van der Waals surface area contributed by atoms with Crippen LogP contribution in [0.15, 0.2) is 0 Å². The van der Waals surface area contributed by atoms with Crippen LogP contribution in [0.1, 0.15) is 13.8 Å². The lowest BCUT2D eigenvalue weighted by Gasteiger charge is -2.09. The van der Waals surface area contributed by atoms with Crippen LogP contribution in [-0.2, 0) is 9.53 Å². The van der Waals surface area contributed by atoms with E-state index in [1.165, 1.54) is 0 Å². The molecule has 11 heavy (non-hydrogen) atoms. The number of aliphatic hydroxyl groups is 2. The summed E-state index contributed by atoms with van der Waals surface area (Å²) >= 11 is 0. The highest BCUT2D eigenvalue weighted by atomic mass is 16.5. The second-order valence-electron chi connectivity index (χ2n) is 2.72. The average Bonchev–Trinajstić information content (AvgIpc) is 1.98. The summed E-state index contributed by atoms with van der Waals surface area (Å²) in [7, 11) is 0. The molecule has 0 radical (unpaired) electrons. The SMILES string of the molecule is CC(C)COC(=O)C(O)CO. The monoisotopic (exact) mass is 162 g/mol. The summed E-state index contributed by atoms with van der Waals surface area (Å²) in [5.74, 6) is -0.522. The number of carbonyl (C=O) groups excluding carboxylic acids is 1. The Labute approximate surface area is 65.8 Å². The Bertz CT molecular complexity index is 122. The molecular formula is C7H14O4. The molecule has 0 aromatic heterocycles. The van der Waals surface area contributed by atoms with Gasteiger partial charge in [-0.3, -0.25) is 0 Å². The van der Waals surface area contributed by atoms with Crippen molar-refractivity contribution >= 4 is 5.97 Å². The van der Waals surface area contributed by atoms with Crippen molar-refractivity contribution in [1.82, 2.24) is 0 Å². The molecule has 0 aliphatic rings. The summed E-state index contributed by atoms with van der Waals surface area (Å²) in [5.41, 5.74) is 0. The van der Waals surface area contributed by atoms with Crippen LogP contribution < -0.4 is 0 Å². The van der Waals surface area contributed by atoms with E-state index in [9.17, 15) is 4.79 Å². The third-order valence-corrected chi connectivity index (χ3v) is 1.00. The van der Waals surface area contributed by atoms with Crippen molar-refractivity contribution in [3.63, 3.8) is 0 Å². The summed E-state index contributed by atoms with van der Waals surface area (Å²) in [6.07, 6.45) is -1.39. The molecule has 0 saturated carbocycles. The molecule has 0 aliphatic heterocycles. The molecule has 1 atom stereocenters. The Kier molecular flexibility index (Phi) is 4.81. The van der Waals surface area contributed by atoms with Crippen LogP contribution in [-0.4, -0.2) is 35.5 Å². The van der Waals surface area contributed by atoms with Crippen LogP contribution in [0, 0.1) is 5.92 Å². The number of ether oxygens (including phenoxy) is 1. The van der Waals surface area contributed by atoms with Gasteiger partial charge in [0.15, 0.2) is 6.10 Å². The molecule has 0 saturated heterocycles. The normalized spacial score (nSPS) is 13.2. The third-order valence-electron chi connectivity index (χ3n) is 1.00. The van der Waals surface area contributed by atoms with E-state index in [1.807, 2.05) is 13.8 Å². The van der Waals surface area contributed by atoms with Gasteiger partial charge in [0.05, 0.1) is 13.2 Å². The van der Waals surface area contributed by atoms with Gasteiger partial charge >= 0.3 is 5.97 Å². The third kappa shape index (κ3) is 4.75. The molecule has 4 heteroatoms. The van der Waals surface area contributed by atoms with Gasteiger partial charge in [0, 0.05) is 0 Å². The summed E-state index contributed by atoms with van der Waals surface area (Å²) in [4.78, 5) is 10.6. The number of esters is 1. The highest BCUT2D eigenvalue weighted by Crippen LogP contribution is 1.95. The van der Waals surface area contributed by atoms with Crippen molar-refractivity contribution in [2.75, 3.05) is 13.2 Å². The minimum Gasteiger partial charge on any atom is -0.463 e. The average molecular weight is 162 g/mol. The second-order valence-corrected chi connectivity index (χ2v) is 2.72. The largest absolute Gasteiger partial charge is 0.463 e. The second kappa shape index (κ2) is 5.09. The first kappa shape index (κ1) is 10.4. The minimum atomic E-state index is -1.39. The molecule has 0 heterocycles. The van der Waals surface area contributed by atoms with E-state index >= 15 is 0 Å². The van der Waals surface area contributed by atoms with Gasteiger partial charge in [-0.15, -0.1) is 0 Å². The Morgan fingerprint density at radius 3 is 2.45 bits per heavy atom. The summed E-state index contributed by atoms with van der Waals surface area (Å²) in [5, 5.41) is 17.0. The Hall–Kier alpha value is -0.610. The lowest BCUT2D eigenvalue weighted by atomic mass is 10.2. The number of rotatable bonds is 4. The van der Waals surface area contributed by atoms with Crippen molar-refractivity contribution in [1.29, 1.82) is 0 Å². The maximum absolute atomic E-state index is 10.6. The number of carbonyl (C=O) groups is 1. The standard InChI is InChI=1S/C7H14O4/c1-5(2)4-11-7(10)6(9)3-8/h5-6,8-9H,3-4H2,1-2H3. The molecule has 0 amide bonds. The minimum absolute atomic E-state index is 0.241. The fraction of sp³-hybridized carbons (Fsp3) is 0.857. The maximum atomic E-state index is 10.6. The van der Waals surface area contributed by atoms with Gasteiger partial charge in [-0.05, 0) is 5.92 Å². The Morgan fingerprint density at radius 1 is 1.55 bits per heavy atom. The molecular weight excluding hydrogens is 148 g/mol. The molecule has 0 fully saturated rings. The van der Waals surface area contributed by atoms with Crippen LogP contribution in [0.4, 0.5) is 0 Å². The first-order chi connectivity index (χ1) is 5.07. The molecule has 0 bridgehead atoms. The molecule has 0 aliphatic carbocycles. The van der Waals surface area contributed by atoms with E-state index in [-0.39, 0.29) is 12.5 Å². The summed E-state index contributed by atoms with van der Waals surface area (Å²) in [6.45, 7) is 3.46. The van der Waals surface area contributed by atoms with Crippen molar-refractivity contribution < 1.29 is 19.7 Å². The van der Waals surface area contributed by atoms with E-state index in [4.69, 9.17) is 10.2 Å². The zero-order valence-corrected chi connectivity index (χ0v) is 6.78. The molecule has 0 spiro atoms. The molecule has 0 aromatic rings. The predicted molar refractivity (Wildman–Crippen MR) is 38.9 cm³/mol. The molecule has 4 nitrogen and oxygen atoms in total. The van der Waals surface area contributed by atoms with E-state index in [2.05, 4.69) is 4.74 Å². The number of hydrogen-bond donors (Lipinski definition) is 2. The number of hydrogen-bond acceptors (Lipinski definition) is 4. The highest BCUT2D eigenvalue weighted by Gasteiger charge is 2.14. The predicted octanol–water partition coefficient (Wildman–Crippen LogP) is -0.461. The molecule has 66 valence electrons. The Morgan fingerprint density at radius 2 is 2.09 bits per heavy atom. The zero-order chi connectivity index (χ0) is 8.85. The highest BCUT2D eigenvalue weighted by molar-refractivity contribution is 5.74. The summed E-state index contributed by atoms with van der Waals surface area (Å²) in [6, 6.07) is 0. The van der Waals surface area contributed by atoms with Crippen molar-refractivity contribution in [2.24, 2.45) is 5.92 Å². The fourth-order valence-electron chi connectivity index (χ4n) is 0.420. The lowest BCUT2D eigenvalue weighted by Crippen LogP contribution is -2.27. The van der Waals surface area contributed by atoms with Gasteiger partial charge in [-0.1, -0.05) is 13.8 Å². The zero-order valence-electron chi connectivity index (χ0n) is 6.78. The Balaban J connectivity index is 3.52. The first-order valence-electron chi connectivity index (χ1n) is 3.53. The van der Waals surface area contributed by atoms with Gasteiger partial charge in [-0.25, -0.2) is 4.79 Å². The van der Waals surface area contributed by atoms with Crippen LogP contribution in [0.25, 0.3) is 0 Å². The van der Waals surface area contributed by atoms with Crippen molar-refractivity contribution in [3.8, 4) is 0 Å². The lowest BCUT2D eigenvalue weighted by molar-refractivity contribution is -0.156. The van der Waals surface area contributed by atoms with E-state index in [0.717, 1.165) is 0 Å². The quantitative estimate of drug-likeness (QED) is 0.549. The molecule has 0 aromatic carbocycles. The van der Waals surface area contributed by atoms with Crippen LogP contribution in [0.3, 0.4) is 0 Å². The van der Waals surface area contributed by atoms with Gasteiger partial charge < -0.3 is 14.9 Å². The van der Waals surface area contributed by atoms with Gasteiger partial charge in [0.25, 0.3) is 0 Å². The van der Waals surface area contributed by atoms with Crippen LogP contribution in [0.5, 0.6) is 0 Å². The van der Waals surface area contributed by atoms with E-state index < -0.39 is 18.7 Å². The number of aliphatic hydroxyl groups excluding tert-OH is 2. The first-order valence-corrected chi connectivity index (χ1v) is 3.53. The van der Waals surface area contributed by atoms with Gasteiger partial charge in [0.1, 0.15) is 0 Å². The van der Waals surface area contributed by atoms with E-state index in [1.54, 1.807) is 0 Å². The maximum Gasteiger partial charge on any atom is 0.337 e. The molecule has 2 N–H and O–H groups in total. The van der Waals surface area contributed by atoms with Crippen molar-refractivity contribution in [3.05, 3.63) is 0 Å². The topological polar surface area (TPSA) is 66.8 Å². The fourth-order valence-corrected chi connectivity index (χ4v) is 0.420. The van der Waals surface area contributed by atoms with Crippen LogP contribution >= 0.6 is 0 Å². The molecule has 1 unspecified atom stereocenters. The van der Waals surface area contributed by atoms with Gasteiger partial charge in [-0.2, -0.15) is 0 Å².